The number of hydrogen-bond donors (Lipinski definition) is 0. The Balaban J connectivity index is 1.59. The molecule has 1 heterocycles. The molecule has 5 aromatic rings. The van der Waals surface area contributed by atoms with E-state index in [4.69, 9.17) is 4.42 Å². The number of fused-ring (bicyclic) bond motifs is 1. The molecule has 0 aliphatic heterocycles. The highest BCUT2D eigenvalue weighted by Gasteiger charge is 2.15. The predicted octanol–water partition coefficient (Wildman–Crippen LogP) is 7.92. The monoisotopic (exact) mass is 378 g/mol. The molecular weight excluding hydrogens is 360 g/mol. The van der Waals surface area contributed by atoms with Gasteiger partial charge in [-0.2, -0.15) is 0 Å². The van der Waals surface area contributed by atoms with Crippen molar-refractivity contribution in [2.24, 2.45) is 0 Å². The van der Waals surface area contributed by atoms with Crippen molar-refractivity contribution < 1.29 is 4.42 Å². The summed E-state index contributed by atoms with van der Waals surface area (Å²) in [6.07, 6.45) is 0. The lowest BCUT2D eigenvalue weighted by molar-refractivity contribution is 0.592. The summed E-state index contributed by atoms with van der Waals surface area (Å²) in [6.45, 7) is 0. The van der Waals surface area contributed by atoms with Gasteiger partial charge in [0, 0.05) is 16.0 Å². The molecule has 0 saturated carbocycles. The van der Waals surface area contributed by atoms with Gasteiger partial charge in [0.1, 0.15) is 11.5 Å². The fraction of sp³-hybridized carbons (Fsp3) is 0. The van der Waals surface area contributed by atoms with Gasteiger partial charge in [0.25, 0.3) is 0 Å². The Morgan fingerprint density at radius 3 is 1.93 bits per heavy atom. The second-order valence-corrected chi connectivity index (χ2v) is 7.76. The Bertz CT molecular complexity index is 1220. The maximum atomic E-state index is 6.33. The topological polar surface area (TPSA) is 13.1 Å². The van der Waals surface area contributed by atoms with Crippen molar-refractivity contribution in [2.45, 2.75) is 9.79 Å². The molecule has 0 N–H and O–H groups in total. The summed E-state index contributed by atoms with van der Waals surface area (Å²) in [4.78, 5) is 2.33. The Morgan fingerprint density at radius 1 is 0.536 bits per heavy atom. The lowest BCUT2D eigenvalue weighted by Crippen LogP contribution is -1.78. The minimum Gasteiger partial charge on any atom is -0.455 e. The van der Waals surface area contributed by atoms with E-state index in [9.17, 15) is 0 Å². The second kappa shape index (κ2) is 7.41. The van der Waals surface area contributed by atoms with E-state index in [0.717, 1.165) is 27.5 Å². The number of rotatable bonds is 4. The molecule has 0 saturated heterocycles. The predicted molar refractivity (Wildman–Crippen MR) is 118 cm³/mol. The summed E-state index contributed by atoms with van der Waals surface area (Å²) in [5.41, 5.74) is 2.18. The Kier molecular flexibility index (Phi) is 4.48. The van der Waals surface area contributed by atoms with Crippen LogP contribution < -0.4 is 0 Å². The van der Waals surface area contributed by atoms with E-state index in [1.165, 1.54) is 15.7 Å². The first-order valence-corrected chi connectivity index (χ1v) is 10.1. The normalized spacial score (nSPS) is 11.0. The van der Waals surface area contributed by atoms with Crippen molar-refractivity contribution >= 4 is 22.5 Å². The van der Waals surface area contributed by atoms with Gasteiger partial charge in [-0.25, -0.2) is 0 Å². The van der Waals surface area contributed by atoms with Gasteiger partial charge in [-0.3, -0.25) is 0 Å². The van der Waals surface area contributed by atoms with Crippen molar-refractivity contribution in [3.63, 3.8) is 0 Å². The Labute approximate surface area is 168 Å². The zero-order chi connectivity index (χ0) is 18.8. The molecule has 0 aliphatic rings. The van der Waals surface area contributed by atoms with E-state index in [0.29, 0.717) is 0 Å². The zero-order valence-corrected chi connectivity index (χ0v) is 16.0. The van der Waals surface area contributed by atoms with Crippen LogP contribution in [0.1, 0.15) is 0 Å². The second-order valence-electron chi connectivity index (χ2n) is 6.65. The number of furan rings is 1. The summed E-state index contributed by atoms with van der Waals surface area (Å²) >= 11 is 1.75. The maximum absolute atomic E-state index is 6.33. The third-order valence-corrected chi connectivity index (χ3v) is 5.75. The highest BCUT2D eigenvalue weighted by Crippen LogP contribution is 2.41. The largest absolute Gasteiger partial charge is 0.455 e. The lowest BCUT2D eigenvalue weighted by atomic mass is 10.1. The van der Waals surface area contributed by atoms with Crippen molar-refractivity contribution in [1.29, 1.82) is 0 Å². The van der Waals surface area contributed by atoms with Crippen molar-refractivity contribution in [3.8, 4) is 22.6 Å². The summed E-state index contributed by atoms with van der Waals surface area (Å²) < 4.78 is 6.33. The first-order chi connectivity index (χ1) is 13.9. The summed E-state index contributed by atoms with van der Waals surface area (Å²) in [5, 5.41) is 2.51. The van der Waals surface area contributed by atoms with E-state index in [-0.39, 0.29) is 0 Å². The van der Waals surface area contributed by atoms with Crippen LogP contribution in [0.5, 0.6) is 0 Å². The van der Waals surface area contributed by atoms with E-state index < -0.39 is 0 Å². The average Bonchev–Trinajstić information content (AvgIpc) is 3.19. The first kappa shape index (κ1) is 16.9. The van der Waals surface area contributed by atoms with Gasteiger partial charge in [-0.1, -0.05) is 103 Å². The van der Waals surface area contributed by atoms with E-state index >= 15 is 0 Å². The summed E-state index contributed by atoms with van der Waals surface area (Å²) in [5.74, 6) is 1.81. The van der Waals surface area contributed by atoms with Gasteiger partial charge in [0.05, 0.1) is 4.90 Å². The summed E-state index contributed by atoms with van der Waals surface area (Å²) in [7, 11) is 0. The van der Waals surface area contributed by atoms with Gasteiger partial charge >= 0.3 is 0 Å². The summed E-state index contributed by atoms with van der Waals surface area (Å²) in [6, 6.07) is 37.8. The maximum Gasteiger partial charge on any atom is 0.148 e. The molecule has 134 valence electrons. The molecule has 0 fully saturated rings. The molecule has 2 heteroatoms. The van der Waals surface area contributed by atoms with Crippen LogP contribution in [0.2, 0.25) is 0 Å². The van der Waals surface area contributed by atoms with Crippen LogP contribution in [0.15, 0.2) is 123 Å². The van der Waals surface area contributed by atoms with Crippen molar-refractivity contribution in [3.05, 3.63) is 109 Å². The van der Waals surface area contributed by atoms with Crippen LogP contribution in [0.25, 0.3) is 33.4 Å². The smallest absolute Gasteiger partial charge is 0.148 e. The molecule has 0 spiro atoms. The number of hydrogen-bond acceptors (Lipinski definition) is 2. The van der Waals surface area contributed by atoms with Gasteiger partial charge in [-0.05, 0) is 29.0 Å². The van der Waals surface area contributed by atoms with Crippen LogP contribution in [0.3, 0.4) is 0 Å². The van der Waals surface area contributed by atoms with Crippen LogP contribution in [0.4, 0.5) is 0 Å². The SMILES string of the molecule is c1ccc(-c2cc(Sc3ccc4ccccc4c3)c(-c3ccccc3)o2)cc1. The van der Waals surface area contributed by atoms with Crippen LogP contribution in [0, 0.1) is 0 Å². The van der Waals surface area contributed by atoms with Crippen molar-refractivity contribution in [2.75, 3.05) is 0 Å². The molecule has 0 atom stereocenters. The molecule has 4 aromatic carbocycles. The highest BCUT2D eigenvalue weighted by atomic mass is 32.2. The van der Waals surface area contributed by atoms with E-state index in [1.54, 1.807) is 11.8 Å². The molecule has 1 nitrogen and oxygen atoms in total. The molecule has 0 unspecified atom stereocenters. The minimum atomic E-state index is 0.891. The highest BCUT2D eigenvalue weighted by molar-refractivity contribution is 7.99. The molecule has 0 amide bonds. The minimum absolute atomic E-state index is 0.891. The number of benzene rings is 4. The van der Waals surface area contributed by atoms with Crippen LogP contribution in [-0.4, -0.2) is 0 Å². The third-order valence-electron chi connectivity index (χ3n) is 4.74. The standard InChI is InChI=1S/C26H18OS/c1-3-10-20(11-4-1)24-18-25(26(27-24)21-12-5-2-6-13-21)28-23-16-15-19-9-7-8-14-22(19)17-23/h1-18H. The molecule has 1 aromatic heterocycles. The Hall–Kier alpha value is -3.23. The average molecular weight is 378 g/mol. The fourth-order valence-corrected chi connectivity index (χ4v) is 4.34. The molecule has 28 heavy (non-hydrogen) atoms. The third kappa shape index (κ3) is 3.35. The molecular formula is C26H18OS. The van der Waals surface area contributed by atoms with Gasteiger partial charge in [-0.15, -0.1) is 0 Å². The molecule has 0 radical (unpaired) electrons. The molecule has 0 aliphatic carbocycles. The van der Waals surface area contributed by atoms with E-state index in [1.807, 2.05) is 36.4 Å². The van der Waals surface area contributed by atoms with E-state index in [2.05, 4.69) is 72.8 Å². The zero-order valence-electron chi connectivity index (χ0n) is 15.2. The molecule has 5 rings (SSSR count). The first-order valence-electron chi connectivity index (χ1n) is 9.28. The van der Waals surface area contributed by atoms with Crippen LogP contribution >= 0.6 is 11.8 Å². The van der Waals surface area contributed by atoms with Crippen molar-refractivity contribution in [1.82, 2.24) is 0 Å². The van der Waals surface area contributed by atoms with Gasteiger partial charge in [0.2, 0.25) is 0 Å². The Morgan fingerprint density at radius 2 is 1.18 bits per heavy atom. The lowest BCUT2D eigenvalue weighted by Gasteiger charge is -2.04. The fourth-order valence-electron chi connectivity index (χ4n) is 3.34. The van der Waals surface area contributed by atoms with Gasteiger partial charge in [0.15, 0.2) is 0 Å². The quantitative estimate of drug-likeness (QED) is 0.315. The molecule has 0 bridgehead atoms. The van der Waals surface area contributed by atoms with Gasteiger partial charge < -0.3 is 4.42 Å². The van der Waals surface area contributed by atoms with Crippen LogP contribution in [-0.2, 0) is 0 Å².